The lowest BCUT2D eigenvalue weighted by atomic mass is 10.0. The standard InChI is InChI=1S/C13H17N5O3/c1-2-17(5-3-4-14)13(21)18-7-10-9(15-8-16-10)6-11(18)12(19)20/h8,11H,2-3,5-7H2,1H3,(H,15,16)(H,19,20). The third kappa shape index (κ3) is 2.97. The van der Waals surface area contributed by atoms with E-state index in [0.717, 1.165) is 5.69 Å². The molecule has 1 atom stereocenters. The first-order valence-corrected chi connectivity index (χ1v) is 6.74. The van der Waals surface area contributed by atoms with Crippen molar-refractivity contribution in [1.29, 1.82) is 5.26 Å². The molecule has 1 aromatic rings. The van der Waals surface area contributed by atoms with Gasteiger partial charge >= 0.3 is 12.0 Å². The van der Waals surface area contributed by atoms with Crippen molar-refractivity contribution in [3.05, 3.63) is 17.7 Å². The van der Waals surface area contributed by atoms with Crippen molar-refractivity contribution >= 4 is 12.0 Å². The monoisotopic (exact) mass is 291 g/mol. The molecule has 2 heterocycles. The van der Waals surface area contributed by atoms with Crippen molar-refractivity contribution in [1.82, 2.24) is 19.8 Å². The number of H-pyrrole nitrogens is 1. The van der Waals surface area contributed by atoms with E-state index in [2.05, 4.69) is 9.97 Å². The molecule has 0 aromatic carbocycles. The lowest BCUT2D eigenvalue weighted by molar-refractivity contribution is -0.143. The van der Waals surface area contributed by atoms with Crippen LogP contribution in [0.3, 0.4) is 0 Å². The van der Waals surface area contributed by atoms with E-state index in [-0.39, 0.29) is 25.4 Å². The molecule has 0 radical (unpaired) electrons. The highest BCUT2D eigenvalue weighted by molar-refractivity contribution is 5.83. The number of amides is 2. The zero-order chi connectivity index (χ0) is 15.4. The minimum Gasteiger partial charge on any atom is -0.480 e. The molecule has 2 N–H and O–H groups in total. The number of urea groups is 1. The molecule has 21 heavy (non-hydrogen) atoms. The summed E-state index contributed by atoms with van der Waals surface area (Å²) in [4.78, 5) is 33.8. The van der Waals surface area contributed by atoms with Crippen LogP contribution >= 0.6 is 0 Å². The molecular weight excluding hydrogens is 274 g/mol. The van der Waals surface area contributed by atoms with Gasteiger partial charge in [-0.15, -0.1) is 0 Å². The molecule has 1 aromatic heterocycles. The number of aliphatic carboxylic acids is 1. The van der Waals surface area contributed by atoms with Gasteiger partial charge in [-0.25, -0.2) is 14.6 Å². The number of nitriles is 1. The molecule has 1 aliphatic rings. The smallest absolute Gasteiger partial charge is 0.326 e. The lowest BCUT2D eigenvalue weighted by Crippen LogP contribution is -2.53. The fraction of sp³-hybridized carbons (Fsp3) is 0.538. The molecule has 0 spiro atoms. The fourth-order valence-corrected chi connectivity index (χ4v) is 2.41. The quantitative estimate of drug-likeness (QED) is 0.842. The van der Waals surface area contributed by atoms with E-state index < -0.39 is 12.0 Å². The van der Waals surface area contributed by atoms with Gasteiger partial charge in [0.1, 0.15) is 6.04 Å². The summed E-state index contributed by atoms with van der Waals surface area (Å²) in [5.74, 6) is -1.05. The van der Waals surface area contributed by atoms with Crippen LogP contribution in [0.25, 0.3) is 0 Å². The highest BCUT2D eigenvalue weighted by Gasteiger charge is 2.37. The summed E-state index contributed by atoms with van der Waals surface area (Å²) in [7, 11) is 0. The third-order valence-electron chi connectivity index (χ3n) is 3.58. The first-order valence-electron chi connectivity index (χ1n) is 6.74. The SMILES string of the molecule is CCN(CCC#N)C(=O)N1Cc2[nH]cnc2CC1C(=O)O. The Labute approximate surface area is 122 Å². The van der Waals surface area contributed by atoms with E-state index in [1.54, 1.807) is 6.92 Å². The molecule has 0 bridgehead atoms. The van der Waals surface area contributed by atoms with E-state index in [1.165, 1.54) is 16.1 Å². The number of carbonyl (C=O) groups excluding carboxylic acids is 1. The highest BCUT2D eigenvalue weighted by atomic mass is 16.4. The number of aromatic amines is 1. The van der Waals surface area contributed by atoms with Crippen LogP contribution in [0.1, 0.15) is 24.7 Å². The Balaban J connectivity index is 2.21. The number of carboxylic acids is 1. The van der Waals surface area contributed by atoms with E-state index in [0.29, 0.717) is 18.8 Å². The van der Waals surface area contributed by atoms with Crippen molar-refractivity contribution in [3.63, 3.8) is 0 Å². The van der Waals surface area contributed by atoms with Crippen LogP contribution in [-0.2, 0) is 17.8 Å². The Bertz CT molecular complexity index is 577. The molecule has 8 heteroatoms. The molecule has 0 saturated heterocycles. The van der Waals surface area contributed by atoms with Crippen molar-refractivity contribution < 1.29 is 14.7 Å². The van der Waals surface area contributed by atoms with Crippen molar-refractivity contribution in [2.24, 2.45) is 0 Å². The Morgan fingerprint density at radius 2 is 2.43 bits per heavy atom. The molecule has 1 unspecified atom stereocenters. The van der Waals surface area contributed by atoms with Crippen molar-refractivity contribution in [3.8, 4) is 6.07 Å². The molecule has 0 aliphatic carbocycles. The number of nitrogens with zero attached hydrogens (tertiary/aromatic N) is 4. The minimum atomic E-state index is -1.05. The van der Waals surface area contributed by atoms with E-state index in [9.17, 15) is 14.7 Å². The maximum absolute atomic E-state index is 12.5. The zero-order valence-electron chi connectivity index (χ0n) is 11.7. The predicted molar refractivity (Wildman–Crippen MR) is 72.1 cm³/mol. The van der Waals surface area contributed by atoms with Gasteiger partial charge in [0, 0.05) is 19.5 Å². The molecule has 112 valence electrons. The normalized spacial score (nSPS) is 17.0. The first kappa shape index (κ1) is 14.8. The number of imidazole rings is 1. The number of rotatable bonds is 4. The number of aromatic nitrogens is 2. The van der Waals surface area contributed by atoms with Crippen LogP contribution in [0.2, 0.25) is 0 Å². The number of hydrogen-bond acceptors (Lipinski definition) is 4. The Morgan fingerprint density at radius 1 is 1.67 bits per heavy atom. The minimum absolute atomic E-state index is 0.189. The number of nitrogens with one attached hydrogen (secondary N) is 1. The topological polar surface area (TPSA) is 113 Å². The predicted octanol–water partition coefficient (Wildman–Crippen LogP) is 0.577. The number of carbonyl (C=O) groups is 2. The Hall–Kier alpha value is -2.56. The van der Waals surface area contributed by atoms with Crippen molar-refractivity contribution in [2.45, 2.75) is 32.4 Å². The summed E-state index contributed by atoms with van der Waals surface area (Å²) in [6.45, 7) is 2.72. The summed E-state index contributed by atoms with van der Waals surface area (Å²) < 4.78 is 0. The second-order valence-corrected chi connectivity index (χ2v) is 4.78. The van der Waals surface area contributed by atoms with Gasteiger partial charge in [-0.2, -0.15) is 5.26 Å². The Morgan fingerprint density at radius 3 is 3.05 bits per heavy atom. The average Bonchev–Trinajstić information content (AvgIpc) is 2.93. The molecular formula is C13H17N5O3. The van der Waals surface area contributed by atoms with Gasteiger partial charge in [-0.3, -0.25) is 0 Å². The summed E-state index contributed by atoms with van der Waals surface area (Å²) in [6.07, 6.45) is 1.92. The molecule has 0 saturated carbocycles. The lowest BCUT2D eigenvalue weighted by Gasteiger charge is -2.36. The maximum atomic E-state index is 12.5. The maximum Gasteiger partial charge on any atom is 0.326 e. The van der Waals surface area contributed by atoms with E-state index in [1.807, 2.05) is 6.07 Å². The van der Waals surface area contributed by atoms with Crippen molar-refractivity contribution in [2.75, 3.05) is 13.1 Å². The van der Waals surface area contributed by atoms with Gasteiger partial charge in [0.2, 0.25) is 0 Å². The van der Waals surface area contributed by atoms with Crippen LogP contribution in [0.5, 0.6) is 0 Å². The molecule has 2 rings (SSSR count). The van der Waals surface area contributed by atoms with Gasteiger partial charge in [0.05, 0.1) is 36.7 Å². The molecule has 2 amide bonds. The molecule has 8 nitrogen and oxygen atoms in total. The average molecular weight is 291 g/mol. The number of carboxylic acid groups (broad SMARTS) is 1. The number of fused-ring (bicyclic) bond motifs is 1. The summed E-state index contributed by atoms with van der Waals surface area (Å²) in [6, 6.07) is 0.704. The van der Waals surface area contributed by atoms with Crippen LogP contribution in [0.4, 0.5) is 4.79 Å². The molecule has 1 aliphatic heterocycles. The highest BCUT2D eigenvalue weighted by Crippen LogP contribution is 2.22. The fourth-order valence-electron chi connectivity index (χ4n) is 2.41. The first-order chi connectivity index (χ1) is 10.1. The van der Waals surface area contributed by atoms with Crippen LogP contribution in [0.15, 0.2) is 6.33 Å². The van der Waals surface area contributed by atoms with Gasteiger partial charge in [-0.05, 0) is 6.92 Å². The van der Waals surface area contributed by atoms with Crippen LogP contribution in [-0.4, -0.2) is 56.0 Å². The third-order valence-corrected chi connectivity index (χ3v) is 3.58. The number of hydrogen-bond donors (Lipinski definition) is 2. The second-order valence-electron chi connectivity index (χ2n) is 4.78. The van der Waals surface area contributed by atoms with Crippen LogP contribution in [0, 0.1) is 11.3 Å². The molecule has 0 fully saturated rings. The van der Waals surface area contributed by atoms with Crippen LogP contribution < -0.4 is 0 Å². The van der Waals surface area contributed by atoms with E-state index in [4.69, 9.17) is 5.26 Å². The largest absolute Gasteiger partial charge is 0.480 e. The van der Waals surface area contributed by atoms with Gasteiger partial charge in [-0.1, -0.05) is 0 Å². The van der Waals surface area contributed by atoms with E-state index >= 15 is 0 Å². The van der Waals surface area contributed by atoms with Gasteiger partial charge in [0.25, 0.3) is 0 Å². The summed E-state index contributed by atoms with van der Waals surface area (Å²) >= 11 is 0. The zero-order valence-corrected chi connectivity index (χ0v) is 11.7. The second kappa shape index (κ2) is 6.26. The summed E-state index contributed by atoms with van der Waals surface area (Å²) in [5, 5.41) is 18.0. The van der Waals surface area contributed by atoms with Gasteiger partial charge < -0.3 is 19.9 Å². The summed E-state index contributed by atoms with van der Waals surface area (Å²) in [5.41, 5.74) is 1.45. The Kier molecular flexibility index (Phi) is 4.42. The van der Waals surface area contributed by atoms with Gasteiger partial charge in [0.15, 0.2) is 0 Å².